The van der Waals surface area contributed by atoms with Crippen molar-refractivity contribution in [2.45, 2.75) is 25.8 Å². The van der Waals surface area contributed by atoms with E-state index in [1.54, 1.807) is 12.4 Å². The van der Waals surface area contributed by atoms with E-state index in [-0.39, 0.29) is 6.03 Å². The van der Waals surface area contributed by atoms with Crippen molar-refractivity contribution in [3.8, 4) is 0 Å². The summed E-state index contributed by atoms with van der Waals surface area (Å²) < 4.78 is 0. The average Bonchev–Trinajstić information content (AvgIpc) is 2.37. The number of aromatic nitrogens is 1. The smallest absolute Gasteiger partial charge is 0.315 e. The van der Waals surface area contributed by atoms with Gasteiger partial charge in [-0.1, -0.05) is 12.5 Å². The minimum Gasteiger partial charge on any atom is -0.338 e. The topological polar surface area (TPSA) is 80.0 Å². The fraction of sp³-hybridized carbons (Fsp3) is 0.500. The molecule has 1 aromatic rings. The second kappa shape index (κ2) is 8.52. The number of amides is 2. The highest BCUT2D eigenvalue weighted by molar-refractivity contribution is 5.73. The predicted octanol–water partition coefficient (Wildman–Crippen LogP) is 1.01. The van der Waals surface area contributed by atoms with E-state index in [4.69, 9.17) is 5.73 Å². The lowest BCUT2D eigenvalue weighted by molar-refractivity contribution is 0.240. The number of unbranched alkanes of at least 4 members (excludes halogenated alkanes) is 2. The monoisotopic (exact) mass is 236 g/mol. The number of rotatable bonds is 7. The lowest BCUT2D eigenvalue weighted by Gasteiger charge is -2.07. The largest absolute Gasteiger partial charge is 0.338 e. The number of urea groups is 1. The normalized spacial score (nSPS) is 9.94. The van der Waals surface area contributed by atoms with Crippen LogP contribution in [0.4, 0.5) is 4.79 Å². The van der Waals surface area contributed by atoms with E-state index < -0.39 is 0 Å². The molecule has 4 N–H and O–H groups in total. The summed E-state index contributed by atoms with van der Waals surface area (Å²) in [7, 11) is 0. The Balaban J connectivity index is 2.05. The van der Waals surface area contributed by atoms with Gasteiger partial charge in [-0.15, -0.1) is 0 Å². The maximum absolute atomic E-state index is 11.4. The van der Waals surface area contributed by atoms with Gasteiger partial charge in [-0.2, -0.15) is 0 Å². The Kier molecular flexibility index (Phi) is 6.74. The third kappa shape index (κ3) is 6.52. The summed E-state index contributed by atoms with van der Waals surface area (Å²) in [5, 5.41) is 5.58. The maximum atomic E-state index is 11.4. The Morgan fingerprint density at radius 3 is 2.88 bits per heavy atom. The average molecular weight is 236 g/mol. The van der Waals surface area contributed by atoms with Gasteiger partial charge in [-0.25, -0.2) is 4.79 Å². The zero-order chi connectivity index (χ0) is 12.3. The minimum absolute atomic E-state index is 0.137. The molecule has 1 rings (SSSR count). The molecule has 0 saturated carbocycles. The van der Waals surface area contributed by atoms with Crippen LogP contribution < -0.4 is 16.4 Å². The molecule has 0 bridgehead atoms. The molecule has 5 heteroatoms. The number of carbonyl (C=O) groups excluding carboxylic acids is 1. The van der Waals surface area contributed by atoms with Crippen LogP contribution in [0.2, 0.25) is 0 Å². The lowest BCUT2D eigenvalue weighted by atomic mass is 10.2. The van der Waals surface area contributed by atoms with Crippen LogP contribution in [0.25, 0.3) is 0 Å². The second-order valence-electron chi connectivity index (χ2n) is 3.82. The Morgan fingerprint density at radius 1 is 1.29 bits per heavy atom. The Labute approximate surface area is 102 Å². The van der Waals surface area contributed by atoms with Crippen LogP contribution in [0.1, 0.15) is 24.8 Å². The number of carbonyl (C=O) groups is 1. The first-order valence-corrected chi connectivity index (χ1v) is 5.93. The first-order chi connectivity index (χ1) is 8.33. The maximum Gasteiger partial charge on any atom is 0.315 e. The molecule has 1 heterocycles. The fourth-order valence-corrected chi connectivity index (χ4v) is 1.40. The molecule has 0 fully saturated rings. The van der Waals surface area contributed by atoms with E-state index in [0.29, 0.717) is 19.6 Å². The van der Waals surface area contributed by atoms with E-state index >= 15 is 0 Å². The SMILES string of the molecule is NCCCCCNC(=O)NCc1cccnc1. The van der Waals surface area contributed by atoms with Crippen LogP contribution in [0.15, 0.2) is 24.5 Å². The zero-order valence-corrected chi connectivity index (χ0v) is 9.98. The van der Waals surface area contributed by atoms with Crippen molar-refractivity contribution in [3.05, 3.63) is 30.1 Å². The van der Waals surface area contributed by atoms with Gasteiger partial charge in [0.2, 0.25) is 0 Å². The Hall–Kier alpha value is -1.62. The highest BCUT2D eigenvalue weighted by Crippen LogP contribution is 1.94. The molecule has 0 aliphatic heterocycles. The van der Waals surface area contributed by atoms with Crippen LogP contribution in [-0.4, -0.2) is 24.1 Å². The van der Waals surface area contributed by atoms with Crippen molar-refractivity contribution < 1.29 is 4.79 Å². The van der Waals surface area contributed by atoms with Gasteiger partial charge in [0.1, 0.15) is 0 Å². The van der Waals surface area contributed by atoms with E-state index in [2.05, 4.69) is 15.6 Å². The molecule has 0 unspecified atom stereocenters. The number of hydrogen-bond acceptors (Lipinski definition) is 3. The Bertz CT molecular complexity index is 316. The van der Waals surface area contributed by atoms with Crippen LogP contribution in [0.3, 0.4) is 0 Å². The van der Waals surface area contributed by atoms with Gasteiger partial charge in [-0.3, -0.25) is 4.98 Å². The van der Waals surface area contributed by atoms with E-state index in [1.165, 1.54) is 0 Å². The van der Waals surface area contributed by atoms with E-state index in [0.717, 1.165) is 24.8 Å². The lowest BCUT2D eigenvalue weighted by Crippen LogP contribution is -2.35. The predicted molar refractivity (Wildman–Crippen MR) is 67.4 cm³/mol. The molecule has 0 saturated heterocycles. The van der Waals surface area contributed by atoms with Crippen LogP contribution in [0.5, 0.6) is 0 Å². The van der Waals surface area contributed by atoms with Crippen molar-refractivity contribution >= 4 is 6.03 Å². The van der Waals surface area contributed by atoms with Gasteiger partial charge in [0.05, 0.1) is 0 Å². The van der Waals surface area contributed by atoms with Gasteiger partial charge in [0.25, 0.3) is 0 Å². The number of nitrogens with zero attached hydrogens (tertiary/aromatic N) is 1. The molecule has 0 spiro atoms. The number of pyridine rings is 1. The molecule has 94 valence electrons. The Morgan fingerprint density at radius 2 is 2.18 bits per heavy atom. The van der Waals surface area contributed by atoms with Crippen LogP contribution in [-0.2, 0) is 6.54 Å². The number of hydrogen-bond donors (Lipinski definition) is 3. The number of nitrogens with one attached hydrogen (secondary N) is 2. The van der Waals surface area contributed by atoms with Gasteiger partial charge >= 0.3 is 6.03 Å². The molecular formula is C12H20N4O. The first-order valence-electron chi connectivity index (χ1n) is 5.93. The molecule has 0 aliphatic rings. The van der Waals surface area contributed by atoms with E-state index in [1.807, 2.05) is 12.1 Å². The molecule has 2 amide bonds. The van der Waals surface area contributed by atoms with Crippen molar-refractivity contribution in [1.82, 2.24) is 15.6 Å². The zero-order valence-electron chi connectivity index (χ0n) is 9.98. The molecular weight excluding hydrogens is 216 g/mol. The van der Waals surface area contributed by atoms with Crippen molar-refractivity contribution in [3.63, 3.8) is 0 Å². The first kappa shape index (κ1) is 13.4. The summed E-state index contributed by atoms with van der Waals surface area (Å²) in [5.74, 6) is 0. The number of nitrogens with two attached hydrogens (primary N) is 1. The van der Waals surface area contributed by atoms with E-state index in [9.17, 15) is 4.79 Å². The molecule has 0 atom stereocenters. The summed E-state index contributed by atoms with van der Waals surface area (Å²) in [6.07, 6.45) is 6.48. The molecule has 17 heavy (non-hydrogen) atoms. The van der Waals surface area contributed by atoms with Gasteiger partial charge < -0.3 is 16.4 Å². The van der Waals surface area contributed by atoms with Crippen molar-refractivity contribution in [2.75, 3.05) is 13.1 Å². The third-order valence-electron chi connectivity index (χ3n) is 2.34. The summed E-state index contributed by atoms with van der Waals surface area (Å²) in [5.41, 5.74) is 6.37. The summed E-state index contributed by atoms with van der Waals surface area (Å²) in [6, 6.07) is 3.64. The third-order valence-corrected chi connectivity index (χ3v) is 2.34. The highest BCUT2D eigenvalue weighted by atomic mass is 16.2. The fourth-order valence-electron chi connectivity index (χ4n) is 1.40. The molecule has 1 aromatic heterocycles. The van der Waals surface area contributed by atoms with Crippen molar-refractivity contribution in [2.24, 2.45) is 5.73 Å². The summed E-state index contributed by atoms with van der Waals surface area (Å²) in [4.78, 5) is 15.4. The minimum atomic E-state index is -0.137. The van der Waals surface area contributed by atoms with Crippen LogP contribution >= 0.6 is 0 Å². The quantitative estimate of drug-likeness (QED) is 0.618. The standard InChI is InChI=1S/C12H20N4O/c13-6-2-1-3-8-15-12(17)16-10-11-5-4-7-14-9-11/h4-5,7,9H,1-3,6,8,10,13H2,(H2,15,16,17). The molecule has 5 nitrogen and oxygen atoms in total. The molecule has 0 aromatic carbocycles. The summed E-state index contributed by atoms with van der Waals surface area (Å²) in [6.45, 7) is 1.91. The second-order valence-corrected chi connectivity index (χ2v) is 3.82. The van der Waals surface area contributed by atoms with Gasteiger partial charge in [0.15, 0.2) is 0 Å². The van der Waals surface area contributed by atoms with Gasteiger partial charge in [0, 0.05) is 25.5 Å². The summed E-state index contributed by atoms with van der Waals surface area (Å²) >= 11 is 0. The van der Waals surface area contributed by atoms with Crippen molar-refractivity contribution in [1.29, 1.82) is 0 Å². The van der Waals surface area contributed by atoms with Gasteiger partial charge in [-0.05, 0) is 31.0 Å². The highest BCUT2D eigenvalue weighted by Gasteiger charge is 1.99. The molecule has 0 radical (unpaired) electrons. The molecule has 0 aliphatic carbocycles. The van der Waals surface area contributed by atoms with Crippen LogP contribution in [0, 0.1) is 0 Å².